The van der Waals surface area contributed by atoms with Gasteiger partial charge in [0, 0.05) is 0 Å². The molecule has 2 aliphatic heterocycles. The van der Waals surface area contributed by atoms with Gasteiger partial charge in [0.1, 0.15) is 0 Å². The van der Waals surface area contributed by atoms with Crippen LogP contribution in [0.5, 0.6) is 0 Å². The molecule has 1 nitrogen and oxygen atoms in total. The predicted molar refractivity (Wildman–Crippen MR) is 50.2 cm³/mol. The second-order valence-corrected chi connectivity index (χ2v) is 6.24. The van der Waals surface area contributed by atoms with Gasteiger partial charge in [0.25, 0.3) is 0 Å². The third-order valence-electron chi connectivity index (χ3n) is 2.75. The molecule has 0 spiro atoms. The molecule has 1 unspecified atom stereocenters. The van der Waals surface area contributed by atoms with Crippen molar-refractivity contribution in [2.24, 2.45) is 0 Å². The van der Waals surface area contributed by atoms with Crippen molar-refractivity contribution in [3.05, 3.63) is 9.67 Å². The third-order valence-corrected chi connectivity index (χ3v) is 5.22. The van der Waals surface area contributed by atoms with Gasteiger partial charge in [-0.3, -0.25) is 0 Å². The normalized spacial score (nSPS) is 31.3. The fourth-order valence-electron chi connectivity index (χ4n) is 2.08. The van der Waals surface area contributed by atoms with Gasteiger partial charge in [0.05, 0.1) is 0 Å². The Labute approximate surface area is 78.2 Å². The van der Waals surface area contributed by atoms with E-state index in [0.717, 1.165) is 6.04 Å². The van der Waals surface area contributed by atoms with Gasteiger partial charge in [-0.25, -0.2) is 0 Å². The molecule has 11 heavy (non-hydrogen) atoms. The molecule has 1 atom stereocenters. The van der Waals surface area contributed by atoms with Crippen LogP contribution in [0, 0.1) is 0 Å². The summed E-state index contributed by atoms with van der Waals surface area (Å²) < 4.78 is 5.85. The number of hydrogen-bond acceptors (Lipinski definition) is 1. The maximum absolute atomic E-state index is 4.11. The second kappa shape index (κ2) is 3.40. The van der Waals surface area contributed by atoms with Gasteiger partial charge in [-0.15, -0.1) is 0 Å². The molecule has 2 aliphatic rings. The maximum atomic E-state index is 4.11. The van der Waals surface area contributed by atoms with Crippen LogP contribution < -0.4 is 0 Å². The van der Waals surface area contributed by atoms with Crippen molar-refractivity contribution >= 4 is 25.2 Å². The number of fused-ring (bicyclic) bond motifs is 1. The van der Waals surface area contributed by atoms with Gasteiger partial charge in [0.2, 0.25) is 0 Å². The molecule has 0 aliphatic carbocycles. The van der Waals surface area contributed by atoms with Gasteiger partial charge in [-0.2, -0.15) is 0 Å². The quantitative estimate of drug-likeness (QED) is 0.628. The Kier molecular flexibility index (Phi) is 2.47. The molecular weight excluding hydrogens is 241 g/mol. The Bertz CT molecular complexity index is 198. The number of hydrogen-bond donors (Lipinski definition) is 0. The molecule has 2 rings (SSSR count). The van der Waals surface area contributed by atoms with Crippen LogP contribution in [0.2, 0.25) is 0 Å². The molecule has 0 saturated carbocycles. The summed E-state index contributed by atoms with van der Waals surface area (Å²) in [6.45, 7) is 2.58. The number of nitrogens with zero attached hydrogens (tertiary/aromatic N) is 1. The molecular formula is C9H14NSn. The summed E-state index contributed by atoms with van der Waals surface area (Å²) >= 11 is -0.330. The summed E-state index contributed by atoms with van der Waals surface area (Å²) in [5.41, 5.74) is 0. The van der Waals surface area contributed by atoms with Crippen LogP contribution >= 0.6 is 0 Å². The average molecular weight is 255 g/mol. The topological polar surface area (TPSA) is 3.24 Å². The van der Waals surface area contributed by atoms with Gasteiger partial charge in [-0.1, -0.05) is 0 Å². The van der Waals surface area contributed by atoms with E-state index in [1.54, 1.807) is 3.59 Å². The summed E-state index contributed by atoms with van der Waals surface area (Å²) in [7, 11) is 0. The summed E-state index contributed by atoms with van der Waals surface area (Å²) in [6, 6.07) is 0.914. The van der Waals surface area contributed by atoms with Crippen LogP contribution in [-0.4, -0.2) is 49.2 Å². The van der Waals surface area contributed by atoms with Crippen LogP contribution in [-0.2, 0) is 0 Å². The molecule has 0 N–H and O–H groups in total. The molecule has 59 valence electrons. The number of rotatable bonds is 1. The summed E-state index contributed by atoms with van der Waals surface area (Å²) in [5.74, 6) is 0. The molecule has 0 aromatic carbocycles. The fraction of sp³-hybridized carbons (Fsp3) is 0.667. The summed E-state index contributed by atoms with van der Waals surface area (Å²) in [5, 5.41) is 0. The zero-order valence-electron chi connectivity index (χ0n) is 6.84. The van der Waals surface area contributed by atoms with Crippen LogP contribution in [0.3, 0.4) is 0 Å². The summed E-state index contributed by atoms with van der Waals surface area (Å²) in [6.07, 6.45) is 6.68. The molecule has 1 radical (unpaired) electrons. The SMILES string of the molecule is [CH2]=[Sn][C]1=CCN2CCCC2C1. The zero-order valence-corrected chi connectivity index (χ0v) is 9.70. The molecule has 1 fully saturated rings. The van der Waals surface area contributed by atoms with Crippen molar-refractivity contribution in [1.29, 1.82) is 0 Å². The van der Waals surface area contributed by atoms with Gasteiger partial charge < -0.3 is 0 Å². The van der Waals surface area contributed by atoms with Crippen LogP contribution in [0.15, 0.2) is 9.67 Å². The first kappa shape index (κ1) is 7.99. The first-order valence-corrected chi connectivity index (χ1v) is 7.81. The molecule has 0 bridgehead atoms. The second-order valence-electron chi connectivity index (χ2n) is 3.40. The first-order chi connectivity index (χ1) is 5.40. The van der Waals surface area contributed by atoms with Gasteiger partial charge in [-0.05, 0) is 0 Å². The van der Waals surface area contributed by atoms with Crippen molar-refractivity contribution in [2.45, 2.75) is 25.3 Å². The molecule has 1 saturated heterocycles. The average Bonchev–Trinajstić information content (AvgIpc) is 2.50. The van der Waals surface area contributed by atoms with E-state index in [1.165, 1.54) is 32.4 Å². The Hall–Kier alpha value is 0.369. The van der Waals surface area contributed by atoms with Crippen LogP contribution in [0.4, 0.5) is 0 Å². The third kappa shape index (κ3) is 1.59. The summed E-state index contributed by atoms with van der Waals surface area (Å²) in [4.78, 5) is 2.62. The van der Waals surface area contributed by atoms with E-state index >= 15 is 0 Å². The monoisotopic (exact) mass is 256 g/mol. The molecule has 2 heteroatoms. The van der Waals surface area contributed by atoms with Crippen LogP contribution in [0.25, 0.3) is 0 Å². The zero-order chi connectivity index (χ0) is 7.68. The first-order valence-electron chi connectivity index (χ1n) is 4.36. The van der Waals surface area contributed by atoms with Crippen molar-refractivity contribution in [3.63, 3.8) is 0 Å². The Morgan fingerprint density at radius 3 is 3.36 bits per heavy atom. The van der Waals surface area contributed by atoms with Crippen molar-refractivity contribution in [2.75, 3.05) is 13.1 Å². The van der Waals surface area contributed by atoms with E-state index in [0.29, 0.717) is 0 Å². The van der Waals surface area contributed by atoms with E-state index in [2.05, 4.69) is 15.5 Å². The van der Waals surface area contributed by atoms with Crippen molar-refractivity contribution < 1.29 is 0 Å². The standard InChI is InChI=1S/C8H12N.CH2.Sn/c1-2-6-9-7-3-5-8(9)4-1;;/h2,8H,3-7H2;1H2;. The Morgan fingerprint density at radius 2 is 2.55 bits per heavy atom. The predicted octanol–water partition coefficient (Wildman–Crippen LogP) is 0.875. The molecule has 0 amide bonds. The molecule has 0 aromatic heterocycles. The van der Waals surface area contributed by atoms with E-state index in [-0.39, 0.29) is 20.7 Å². The van der Waals surface area contributed by atoms with Crippen LogP contribution in [0.1, 0.15) is 19.3 Å². The molecule has 2 heterocycles. The van der Waals surface area contributed by atoms with E-state index in [4.69, 9.17) is 0 Å². The Morgan fingerprint density at radius 1 is 1.64 bits per heavy atom. The van der Waals surface area contributed by atoms with E-state index < -0.39 is 0 Å². The van der Waals surface area contributed by atoms with E-state index in [9.17, 15) is 0 Å². The van der Waals surface area contributed by atoms with Crippen molar-refractivity contribution in [1.82, 2.24) is 4.90 Å². The minimum atomic E-state index is -0.330. The van der Waals surface area contributed by atoms with Gasteiger partial charge >= 0.3 is 78.2 Å². The molecule has 0 aromatic rings. The van der Waals surface area contributed by atoms with E-state index in [1.807, 2.05) is 0 Å². The van der Waals surface area contributed by atoms with Crippen molar-refractivity contribution in [3.8, 4) is 0 Å². The van der Waals surface area contributed by atoms with Gasteiger partial charge in [0.15, 0.2) is 0 Å². The minimum absolute atomic E-state index is 0.330. The Balaban J connectivity index is 2.08. The fourth-order valence-corrected chi connectivity index (χ4v) is 3.83.